The molecule has 0 aromatic heterocycles. The monoisotopic (exact) mass is 439 g/mol. The molecule has 28 heavy (non-hydrogen) atoms. The molecule has 0 spiro atoms. The Kier molecular flexibility index (Phi) is 10.6. The van der Waals surface area contributed by atoms with E-state index in [1.807, 2.05) is 4.90 Å². The first-order chi connectivity index (χ1) is 12.5. The predicted molar refractivity (Wildman–Crippen MR) is 109 cm³/mol. The van der Waals surface area contributed by atoms with Crippen molar-refractivity contribution < 1.29 is 18.3 Å². The van der Waals surface area contributed by atoms with E-state index < -0.39 is 17.7 Å². The van der Waals surface area contributed by atoms with Crippen LogP contribution < -0.4 is 11.1 Å². The molecule has 0 saturated carbocycles. The first-order valence-electron chi connectivity index (χ1n) is 9.33. The Morgan fingerprint density at radius 2 is 1.86 bits per heavy atom. The molecule has 2 atom stereocenters. The van der Waals surface area contributed by atoms with E-state index in [9.17, 15) is 13.6 Å². The van der Waals surface area contributed by atoms with Gasteiger partial charge < -0.3 is 15.8 Å². The highest BCUT2D eigenvalue weighted by molar-refractivity contribution is 5.85. The molecule has 9 heteroatoms. The molecule has 1 aromatic carbocycles. The van der Waals surface area contributed by atoms with Crippen LogP contribution in [0.15, 0.2) is 18.2 Å². The summed E-state index contributed by atoms with van der Waals surface area (Å²) in [6.07, 6.45) is 3.33. The smallest absolute Gasteiger partial charge is 0.237 e. The number of benzene rings is 1. The number of nitrogens with one attached hydrogen (secondary N) is 1. The Hall–Kier alpha value is -0.990. The maximum atomic E-state index is 13.9. The van der Waals surface area contributed by atoms with Crippen LogP contribution in [0.2, 0.25) is 0 Å². The number of halogens is 4. The topological polar surface area (TPSA) is 67.6 Å². The van der Waals surface area contributed by atoms with Crippen LogP contribution in [0.25, 0.3) is 0 Å². The summed E-state index contributed by atoms with van der Waals surface area (Å²) in [4.78, 5) is 14.5. The zero-order valence-electron chi connectivity index (χ0n) is 15.7. The van der Waals surface area contributed by atoms with Crippen molar-refractivity contribution in [2.24, 2.45) is 11.7 Å². The van der Waals surface area contributed by atoms with Gasteiger partial charge in [0.15, 0.2) is 0 Å². The standard InChI is InChI=1S/C19H27F2N3O2.2ClH/c20-16-4-1-5-17(21)15(16)12-24-8-2-3-14(11-24)23-19(25)18(22)13-6-9-26-10-7-13;;/h1,4-5,13-14,18H,2-3,6-12,22H2,(H,23,25);2*1H. The van der Waals surface area contributed by atoms with E-state index in [4.69, 9.17) is 10.5 Å². The number of piperidine rings is 1. The number of hydrogen-bond acceptors (Lipinski definition) is 4. The van der Waals surface area contributed by atoms with Gasteiger partial charge in [-0.25, -0.2) is 8.78 Å². The van der Waals surface area contributed by atoms with E-state index in [2.05, 4.69) is 5.32 Å². The molecule has 2 unspecified atom stereocenters. The van der Waals surface area contributed by atoms with Crippen molar-refractivity contribution in [2.75, 3.05) is 26.3 Å². The second-order valence-corrected chi connectivity index (χ2v) is 7.26. The predicted octanol–water partition coefficient (Wildman–Crippen LogP) is 2.64. The average Bonchev–Trinajstić information content (AvgIpc) is 2.65. The van der Waals surface area contributed by atoms with Crippen molar-refractivity contribution in [3.8, 4) is 0 Å². The molecule has 0 radical (unpaired) electrons. The quantitative estimate of drug-likeness (QED) is 0.739. The first kappa shape index (κ1) is 25.0. The van der Waals surface area contributed by atoms with Gasteiger partial charge in [-0.2, -0.15) is 0 Å². The summed E-state index contributed by atoms with van der Waals surface area (Å²) in [5.74, 6) is -1.05. The summed E-state index contributed by atoms with van der Waals surface area (Å²) < 4.78 is 33.0. The van der Waals surface area contributed by atoms with Gasteiger partial charge in [0.1, 0.15) is 11.6 Å². The second kappa shape index (κ2) is 11.9. The van der Waals surface area contributed by atoms with Crippen LogP contribution in [-0.2, 0) is 16.1 Å². The highest BCUT2D eigenvalue weighted by Crippen LogP contribution is 2.20. The summed E-state index contributed by atoms with van der Waals surface area (Å²) in [5.41, 5.74) is 6.21. The van der Waals surface area contributed by atoms with Crippen molar-refractivity contribution in [3.63, 3.8) is 0 Å². The normalized spacial score (nSPS) is 21.9. The van der Waals surface area contributed by atoms with Crippen LogP contribution in [0.1, 0.15) is 31.2 Å². The molecule has 5 nitrogen and oxygen atoms in total. The number of carbonyl (C=O) groups is 1. The van der Waals surface area contributed by atoms with Crippen LogP contribution in [0.3, 0.4) is 0 Å². The molecular formula is C19H29Cl2F2N3O2. The van der Waals surface area contributed by atoms with Crippen molar-refractivity contribution in [3.05, 3.63) is 35.4 Å². The molecule has 1 aromatic rings. The average molecular weight is 440 g/mol. The van der Waals surface area contributed by atoms with E-state index in [0.29, 0.717) is 19.8 Å². The molecule has 2 fully saturated rings. The Bertz CT molecular complexity index is 613. The lowest BCUT2D eigenvalue weighted by molar-refractivity contribution is -0.125. The molecule has 2 saturated heterocycles. The van der Waals surface area contributed by atoms with Gasteiger partial charge >= 0.3 is 0 Å². The molecule has 3 rings (SSSR count). The Morgan fingerprint density at radius 3 is 2.50 bits per heavy atom. The number of nitrogens with zero attached hydrogens (tertiary/aromatic N) is 1. The molecule has 160 valence electrons. The van der Waals surface area contributed by atoms with Crippen LogP contribution in [0, 0.1) is 17.6 Å². The van der Waals surface area contributed by atoms with Gasteiger partial charge in [0.05, 0.1) is 6.04 Å². The lowest BCUT2D eigenvalue weighted by Crippen LogP contribution is -2.54. The lowest BCUT2D eigenvalue weighted by Gasteiger charge is -2.34. The number of rotatable bonds is 5. The second-order valence-electron chi connectivity index (χ2n) is 7.26. The highest BCUT2D eigenvalue weighted by atomic mass is 35.5. The van der Waals surface area contributed by atoms with Crippen molar-refractivity contribution >= 4 is 30.7 Å². The highest BCUT2D eigenvalue weighted by Gasteiger charge is 2.29. The fourth-order valence-corrected chi connectivity index (χ4v) is 3.81. The summed E-state index contributed by atoms with van der Waals surface area (Å²) in [7, 11) is 0. The van der Waals surface area contributed by atoms with Crippen molar-refractivity contribution in [1.29, 1.82) is 0 Å². The van der Waals surface area contributed by atoms with E-state index in [0.717, 1.165) is 32.2 Å². The lowest BCUT2D eigenvalue weighted by atomic mass is 9.91. The van der Waals surface area contributed by atoms with E-state index in [-0.39, 0.29) is 54.8 Å². The van der Waals surface area contributed by atoms with Gasteiger partial charge in [-0.05, 0) is 50.3 Å². The molecule has 0 aliphatic carbocycles. The minimum Gasteiger partial charge on any atom is -0.381 e. The molecule has 2 aliphatic heterocycles. The fourth-order valence-electron chi connectivity index (χ4n) is 3.81. The zero-order valence-corrected chi connectivity index (χ0v) is 17.4. The fraction of sp³-hybridized carbons (Fsp3) is 0.632. The largest absolute Gasteiger partial charge is 0.381 e. The zero-order chi connectivity index (χ0) is 18.5. The molecule has 0 bridgehead atoms. The number of ether oxygens (including phenoxy) is 1. The third-order valence-corrected chi connectivity index (χ3v) is 5.37. The van der Waals surface area contributed by atoms with Gasteiger partial charge in [-0.3, -0.25) is 9.69 Å². The molecule has 2 heterocycles. The molecule has 3 N–H and O–H groups in total. The van der Waals surface area contributed by atoms with Gasteiger partial charge in [-0.1, -0.05) is 6.07 Å². The minimum atomic E-state index is -0.530. The van der Waals surface area contributed by atoms with E-state index >= 15 is 0 Å². The summed E-state index contributed by atoms with van der Waals surface area (Å²) in [5, 5.41) is 3.03. The summed E-state index contributed by atoms with van der Waals surface area (Å²) in [6, 6.07) is 3.34. The molecular weight excluding hydrogens is 411 g/mol. The maximum absolute atomic E-state index is 13.9. The number of likely N-dealkylation sites (tertiary alicyclic amines) is 1. The molecule has 2 aliphatic rings. The third-order valence-electron chi connectivity index (χ3n) is 5.37. The van der Waals surface area contributed by atoms with E-state index in [1.54, 1.807) is 0 Å². The van der Waals surface area contributed by atoms with Gasteiger partial charge in [-0.15, -0.1) is 24.8 Å². The first-order valence-corrected chi connectivity index (χ1v) is 9.33. The number of nitrogens with two attached hydrogens (primary N) is 1. The Morgan fingerprint density at radius 1 is 1.21 bits per heavy atom. The maximum Gasteiger partial charge on any atom is 0.237 e. The minimum absolute atomic E-state index is 0. The number of amides is 1. The number of carbonyl (C=O) groups excluding carboxylic acids is 1. The summed E-state index contributed by atoms with van der Waals surface area (Å²) >= 11 is 0. The van der Waals surface area contributed by atoms with Crippen LogP contribution in [-0.4, -0.2) is 49.2 Å². The SMILES string of the molecule is Cl.Cl.NC(C(=O)NC1CCCN(Cc2c(F)cccc2F)C1)C1CCOCC1. The molecule has 1 amide bonds. The van der Waals surface area contributed by atoms with Crippen LogP contribution in [0.5, 0.6) is 0 Å². The van der Waals surface area contributed by atoms with Gasteiger partial charge in [0.2, 0.25) is 5.91 Å². The number of hydrogen-bond donors (Lipinski definition) is 2. The van der Waals surface area contributed by atoms with Crippen LogP contribution >= 0.6 is 24.8 Å². The van der Waals surface area contributed by atoms with Crippen LogP contribution in [0.4, 0.5) is 8.78 Å². The Labute approximate surface area is 177 Å². The summed E-state index contributed by atoms with van der Waals surface area (Å²) in [6.45, 7) is 2.83. The van der Waals surface area contributed by atoms with Crippen molar-refractivity contribution in [1.82, 2.24) is 10.2 Å². The third kappa shape index (κ3) is 6.52. The van der Waals surface area contributed by atoms with E-state index in [1.165, 1.54) is 18.2 Å². The van der Waals surface area contributed by atoms with Gasteiger partial charge in [0.25, 0.3) is 0 Å². The Balaban J connectivity index is 0.00000196. The van der Waals surface area contributed by atoms with Crippen molar-refractivity contribution in [2.45, 2.75) is 44.3 Å². The van der Waals surface area contributed by atoms with Gasteiger partial charge in [0, 0.05) is 37.9 Å².